The number of carbonyl (C=O) groups is 2. The lowest BCUT2D eigenvalue weighted by atomic mass is 10.1. The summed E-state index contributed by atoms with van der Waals surface area (Å²) in [4.78, 5) is 26.6. The van der Waals surface area contributed by atoms with Crippen molar-refractivity contribution in [3.8, 4) is 0 Å². The van der Waals surface area contributed by atoms with Gasteiger partial charge in [-0.15, -0.1) is 0 Å². The van der Waals surface area contributed by atoms with Crippen molar-refractivity contribution in [1.29, 1.82) is 0 Å². The van der Waals surface area contributed by atoms with Crippen LogP contribution in [0.4, 0.5) is 5.69 Å². The van der Waals surface area contributed by atoms with Gasteiger partial charge >= 0.3 is 5.97 Å². The second-order valence-corrected chi connectivity index (χ2v) is 9.60. The highest BCUT2D eigenvalue weighted by Crippen LogP contribution is 2.23. The summed E-state index contributed by atoms with van der Waals surface area (Å²) < 4.78 is 32.7. The quantitative estimate of drug-likeness (QED) is 0.560. The molecule has 0 unspecified atom stereocenters. The molecule has 1 aliphatic heterocycles. The topological polar surface area (TPSA) is 96.0 Å². The fourth-order valence-electron chi connectivity index (χ4n) is 3.83. The number of ether oxygens (including phenoxy) is 1. The molecule has 0 saturated carbocycles. The number of anilines is 1. The number of para-hydroxylation sites is 1. The Bertz CT molecular complexity index is 1280. The molecule has 33 heavy (non-hydrogen) atoms. The fraction of sp³-hybridized carbons (Fsp3) is 0.250. The summed E-state index contributed by atoms with van der Waals surface area (Å²) >= 11 is 0. The standard InChI is InChI=1S/C24H25N3O5S/c1-25-22-9-5-4-8-21(22)24(29)32-17-23(28)26-12-14-27(15-13-26)33(30,31)20-11-10-18-6-2-3-7-19(18)16-20/h2-11,16,25H,12-15,17H2,1H3. The van der Waals surface area contributed by atoms with E-state index in [1.54, 1.807) is 49.5 Å². The second kappa shape index (κ2) is 9.60. The second-order valence-electron chi connectivity index (χ2n) is 7.67. The van der Waals surface area contributed by atoms with Crippen molar-refractivity contribution < 1.29 is 22.7 Å². The molecule has 1 heterocycles. The first kappa shape index (κ1) is 22.8. The molecule has 1 saturated heterocycles. The van der Waals surface area contributed by atoms with Gasteiger partial charge in [0.15, 0.2) is 6.61 Å². The number of carbonyl (C=O) groups excluding carboxylic acids is 2. The van der Waals surface area contributed by atoms with Crippen molar-refractivity contribution in [1.82, 2.24) is 9.21 Å². The third-order valence-electron chi connectivity index (χ3n) is 5.69. The van der Waals surface area contributed by atoms with E-state index < -0.39 is 22.6 Å². The third-order valence-corrected chi connectivity index (χ3v) is 7.59. The first-order valence-electron chi connectivity index (χ1n) is 10.6. The van der Waals surface area contributed by atoms with Crippen LogP contribution in [0.25, 0.3) is 10.8 Å². The summed E-state index contributed by atoms with van der Waals surface area (Å²) in [5.41, 5.74) is 0.960. The highest BCUT2D eigenvalue weighted by molar-refractivity contribution is 7.89. The average molecular weight is 468 g/mol. The van der Waals surface area contributed by atoms with E-state index in [0.29, 0.717) is 11.3 Å². The molecule has 1 fully saturated rings. The minimum atomic E-state index is -3.67. The maximum absolute atomic E-state index is 13.1. The fourth-order valence-corrected chi connectivity index (χ4v) is 5.29. The lowest BCUT2D eigenvalue weighted by molar-refractivity contribution is -0.135. The molecule has 0 radical (unpaired) electrons. The minimum absolute atomic E-state index is 0.178. The van der Waals surface area contributed by atoms with Crippen LogP contribution in [0.15, 0.2) is 71.6 Å². The first-order chi connectivity index (χ1) is 15.9. The first-order valence-corrected chi connectivity index (χ1v) is 12.0. The van der Waals surface area contributed by atoms with Gasteiger partial charge in [0.2, 0.25) is 10.0 Å². The van der Waals surface area contributed by atoms with Crippen LogP contribution in [0, 0.1) is 0 Å². The van der Waals surface area contributed by atoms with Crippen molar-refractivity contribution in [2.45, 2.75) is 4.90 Å². The Hall–Kier alpha value is -3.43. The summed E-state index contributed by atoms with van der Waals surface area (Å²) in [7, 11) is -1.97. The van der Waals surface area contributed by atoms with Gasteiger partial charge in [0.25, 0.3) is 5.91 Å². The Kier molecular flexibility index (Phi) is 6.62. The van der Waals surface area contributed by atoms with Crippen LogP contribution >= 0.6 is 0 Å². The minimum Gasteiger partial charge on any atom is -0.452 e. The number of benzene rings is 3. The van der Waals surface area contributed by atoms with Crippen LogP contribution in [0.5, 0.6) is 0 Å². The molecule has 0 aromatic heterocycles. The molecule has 172 valence electrons. The van der Waals surface area contributed by atoms with Gasteiger partial charge in [-0.2, -0.15) is 4.31 Å². The van der Waals surface area contributed by atoms with Crippen LogP contribution in [-0.4, -0.2) is 69.3 Å². The molecule has 9 heteroatoms. The van der Waals surface area contributed by atoms with Crippen molar-refractivity contribution in [2.75, 3.05) is 45.2 Å². The number of fused-ring (bicyclic) bond motifs is 1. The van der Waals surface area contributed by atoms with Gasteiger partial charge < -0.3 is 15.0 Å². The third kappa shape index (κ3) is 4.84. The Labute approximate surface area is 192 Å². The SMILES string of the molecule is CNc1ccccc1C(=O)OCC(=O)N1CCN(S(=O)(=O)c2ccc3ccccc3c2)CC1. The smallest absolute Gasteiger partial charge is 0.340 e. The number of nitrogens with one attached hydrogen (secondary N) is 1. The number of piperazine rings is 1. The highest BCUT2D eigenvalue weighted by Gasteiger charge is 2.30. The lowest BCUT2D eigenvalue weighted by Gasteiger charge is -2.33. The van der Waals surface area contributed by atoms with E-state index in [0.717, 1.165) is 10.8 Å². The molecular weight excluding hydrogens is 442 g/mol. The monoisotopic (exact) mass is 467 g/mol. The van der Waals surface area contributed by atoms with Crippen LogP contribution in [0.1, 0.15) is 10.4 Å². The van der Waals surface area contributed by atoms with E-state index in [1.807, 2.05) is 24.3 Å². The zero-order valence-corrected chi connectivity index (χ0v) is 19.0. The summed E-state index contributed by atoms with van der Waals surface area (Å²) in [5, 5.41) is 4.74. The van der Waals surface area contributed by atoms with E-state index in [1.165, 1.54) is 9.21 Å². The number of hydrogen-bond acceptors (Lipinski definition) is 6. The number of nitrogens with zero attached hydrogens (tertiary/aromatic N) is 2. The van der Waals surface area contributed by atoms with Gasteiger partial charge in [0, 0.05) is 38.9 Å². The summed E-state index contributed by atoms with van der Waals surface area (Å²) in [6, 6.07) is 19.5. The number of amides is 1. The van der Waals surface area contributed by atoms with Gasteiger partial charge in [0.05, 0.1) is 10.5 Å². The van der Waals surface area contributed by atoms with Gasteiger partial charge in [0.1, 0.15) is 0 Å². The summed E-state index contributed by atoms with van der Waals surface area (Å²) in [5.74, 6) is -0.946. The summed E-state index contributed by atoms with van der Waals surface area (Å²) in [6.07, 6.45) is 0. The van der Waals surface area contributed by atoms with Crippen molar-refractivity contribution in [2.24, 2.45) is 0 Å². The van der Waals surface area contributed by atoms with Crippen LogP contribution in [-0.2, 0) is 19.6 Å². The normalized spacial score (nSPS) is 14.8. The van der Waals surface area contributed by atoms with Gasteiger partial charge in [-0.05, 0) is 35.0 Å². The molecule has 0 bridgehead atoms. The van der Waals surface area contributed by atoms with Crippen molar-refractivity contribution >= 4 is 38.4 Å². The van der Waals surface area contributed by atoms with E-state index in [2.05, 4.69) is 5.32 Å². The lowest BCUT2D eigenvalue weighted by Crippen LogP contribution is -2.51. The molecule has 0 atom stereocenters. The van der Waals surface area contributed by atoms with E-state index in [-0.39, 0.29) is 37.0 Å². The zero-order valence-electron chi connectivity index (χ0n) is 18.2. The Morgan fingerprint density at radius 3 is 2.30 bits per heavy atom. The van der Waals surface area contributed by atoms with E-state index in [9.17, 15) is 18.0 Å². The van der Waals surface area contributed by atoms with E-state index >= 15 is 0 Å². The number of esters is 1. The molecule has 1 aliphatic rings. The number of hydrogen-bond donors (Lipinski definition) is 1. The van der Waals surface area contributed by atoms with Gasteiger partial charge in [-0.1, -0.05) is 42.5 Å². The molecule has 0 aliphatic carbocycles. The average Bonchev–Trinajstić information content (AvgIpc) is 2.86. The van der Waals surface area contributed by atoms with Crippen LogP contribution < -0.4 is 5.32 Å². The highest BCUT2D eigenvalue weighted by atomic mass is 32.2. The van der Waals surface area contributed by atoms with Crippen LogP contribution in [0.2, 0.25) is 0 Å². The van der Waals surface area contributed by atoms with E-state index in [4.69, 9.17) is 4.74 Å². The maximum Gasteiger partial charge on any atom is 0.340 e. The Balaban J connectivity index is 1.35. The predicted octanol–water partition coefficient (Wildman–Crippen LogP) is 2.57. The van der Waals surface area contributed by atoms with Gasteiger partial charge in [-0.25, -0.2) is 13.2 Å². The van der Waals surface area contributed by atoms with Crippen LogP contribution in [0.3, 0.4) is 0 Å². The van der Waals surface area contributed by atoms with Crippen molar-refractivity contribution in [3.63, 3.8) is 0 Å². The Morgan fingerprint density at radius 1 is 0.909 bits per heavy atom. The Morgan fingerprint density at radius 2 is 1.58 bits per heavy atom. The number of sulfonamides is 1. The largest absolute Gasteiger partial charge is 0.452 e. The molecule has 3 aromatic rings. The molecule has 8 nitrogen and oxygen atoms in total. The predicted molar refractivity (Wildman–Crippen MR) is 126 cm³/mol. The van der Waals surface area contributed by atoms with Crippen molar-refractivity contribution in [3.05, 3.63) is 72.3 Å². The number of rotatable bonds is 6. The van der Waals surface area contributed by atoms with Gasteiger partial charge in [-0.3, -0.25) is 4.79 Å². The molecule has 3 aromatic carbocycles. The zero-order chi connectivity index (χ0) is 23.4. The maximum atomic E-state index is 13.1. The molecule has 4 rings (SSSR count). The molecule has 0 spiro atoms. The molecule has 1 N–H and O–H groups in total. The summed E-state index contributed by atoms with van der Waals surface area (Å²) in [6.45, 7) is 0.426. The molecular formula is C24H25N3O5S. The molecule has 1 amide bonds.